The number of ether oxygens (including phenoxy) is 1. The smallest absolute Gasteiger partial charge is 0.341 e. The van der Waals surface area contributed by atoms with Crippen molar-refractivity contribution in [2.75, 3.05) is 12.3 Å². The molecule has 0 fully saturated rings. The maximum atomic E-state index is 11.8. The molecule has 0 saturated carbocycles. The van der Waals surface area contributed by atoms with Crippen LogP contribution in [0.25, 0.3) is 0 Å². The second-order valence-electron chi connectivity index (χ2n) is 4.07. The van der Waals surface area contributed by atoms with Crippen molar-refractivity contribution in [3.63, 3.8) is 0 Å². The number of nitrogens with zero attached hydrogens (tertiary/aromatic N) is 3. The van der Waals surface area contributed by atoms with E-state index in [0.29, 0.717) is 23.6 Å². The highest BCUT2D eigenvalue weighted by Crippen LogP contribution is 2.23. The third-order valence-electron chi connectivity index (χ3n) is 2.67. The maximum Gasteiger partial charge on any atom is 0.341 e. The van der Waals surface area contributed by atoms with E-state index in [-0.39, 0.29) is 5.97 Å². The largest absolute Gasteiger partial charge is 0.462 e. The van der Waals surface area contributed by atoms with Gasteiger partial charge in [0.25, 0.3) is 0 Å². The zero-order valence-electron chi connectivity index (χ0n) is 11.4. The van der Waals surface area contributed by atoms with E-state index < -0.39 is 0 Å². The predicted octanol–water partition coefficient (Wildman–Crippen LogP) is 1.87. The van der Waals surface area contributed by atoms with Crippen LogP contribution in [0.2, 0.25) is 0 Å². The summed E-state index contributed by atoms with van der Waals surface area (Å²) in [5, 5.41) is 4.95. The Bertz CT molecular complexity index is 595. The molecule has 0 bridgehead atoms. The summed E-state index contributed by atoms with van der Waals surface area (Å²) in [6.07, 6.45) is 3.14. The first-order valence-corrected chi connectivity index (χ1v) is 7.12. The Balaban J connectivity index is 2.11. The van der Waals surface area contributed by atoms with E-state index in [4.69, 9.17) is 10.5 Å². The summed E-state index contributed by atoms with van der Waals surface area (Å²) >= 11 is 1.52. The van der Waals surface area contributed by atoms with E-state index >= 15 is 0 Å². The monoisotopic (exact) mass is 292 g/mol. The molecule has 6 nitrogen and oxygen atoms in total. The molecule has 0 unspecified atom stereocenters. The number of carbonyl (C=O) groups excluding carboxylic acids is 1. The van der Waals surface area contributed by atoms with Crippen molar-refractivity contribution >= 4 is 23.4 Å². The number of rotatable bonds is 5. The lowest BCUT2D eigenvalue weighted by atomic mass is 10.3. The van der Waals surface area contributed by atoms with Gasteiger partial charge in [0.05, 0.1) is 35.4 Å². The van der Waals surface area contributed by atoms with E-state index in [9.17, 15) is 4.79 Å². The molecule has 0 aliphatic rings. The number of nitrogen functional groups attached to an aromatic ring is 1. The first kappa shape index (κ1) is 14.4. The van der Waals surface area contributed by atoms with Gasteiger partial charge >= 0.3 is 5.97 Å². The number of anilines is 1. The third-order valence-corrected chi connectivity index (χ3v) is 3.63. The van der Waals surface area contributed by atoms with Gasteiger partial charge in [-0.25, -0.2) is 9.78 Å². The average Bonchev–Trinajstić information content (AvgIpc) is 2.80. The van der Waals surface area contributed by atoms with Crippen molar-refractivity contribution in [1.82, 2.24) is 14.8 Å². The molecule has 2 heterocycles. The van der Waals surface area contributed by atoms with Gasteiger partial charge in [0, 0.05) is 12.8 Å². The summed E-state index contributed by atoms with van der Waals surface area (Å²) in [6, 6.07) is 3.64. The Morgan fingerprint density at radius 1 is 1.45 bits per heavy atom. The molecule has 7 heteroatoms. The fourth-order valence-corrected chi connectivity index (χ4v) is 2.55. The van der Waals surface area contributed by atoms with E-state index in [1.54, 1.807) is 30.9 Å². The highest BCUT2D eigenvalue weighted by molar-refractivity contribution is 7.98. The number of aryl methyl sites for hydroxylation is 1. The van der Waals surface area contributed by atoms with Gasteiger partial charge < -0.3 is 10.5 Å². The Hall–Kier alpha value is -2.02. The Morgan fingerprint density at radius 2 is 2.25 bits per heavy atom. The van der Waals surface area contributed by atoms with Gasteiger partial charge in [0.15, 0.2) is 0 Å². The molecule has 2 rings (SSSR count). The molecule has 20 heavy (non-hydrogen) atoms. The van der Waals surface area contributed by atoms with Gasteiger partial charge in [-0.05, 0) is 19.1 Å². The minimum atomic E-state index is -0.346. The lowest BCUT2D eigenvalue weighted by Gasteiger charge is -2.06. The zero-order chi connectivity index (χ0) is 14.5. The SMILES string of the molecule is CCOC(=O)c1cnn(C)c1CSc1ccc(N)cn1. The molecule has 0 saturated heterocycles. The summed E-state index contributed by atoms with van der Waals surface area (Å²) < 4.78 is 6.69. The number of thioether (sulfide) groups is 1. The summed E-state index contributed by atoms with van der Waals surface area (Å²) in [4.78, 5) is 16.0. The number of carbonyl (C=O) groups is 1. The number of esters is 1. The van der Waals surface area contributed by atoms with Crippen LogP contribution in [0.1, 0.15) is 23.0 Å². The standard InChI is InChI=1S/C13H16N4O2S/c1-3-19-13(18)10-7-16-17(2)11(10)8-20-12-5-4-9(14)6-15-12/h4-7H,3,8,14H2,1-2H3. The third kappa shape index (κ3) is 3.30. The highest BCUT2D eigenvalue weighted by atomic mass is 32.2. The maximum absolute atomic E-state index is 11.8. The van der Waals surface area contributed by atoms with Gasteiger partial charge in [-0.3, -0.25) is 4.68 Å². The summed E-state index contributed by atoms with van der Waals surface area (Å²) in [6.45, 7) is 2.13. The van der Waals surface area contributed by atoms with Crippen LogP contribution in [0.15, 0.2) is 29.6 Å². The fourth-order valence-electron chi connectivity index (χ4n) is 1.63. The number of nitrogens with two attached hydrogens (primary N) is 1. The molecule has 2 N–H and O–H groups in total. The first-order valence-electron chi connectivity index (χ1n) is 6.14. The van der Waals surface area contributed by atoms with Crippen LogP contribution in [0.3, 0.4) is 0 Å². The van der Waals surface area contributed by atoms with Crippen molar-refractivity contribution in [3.8, 4) is 0 Å². The molecule has 0 spiro atoms. The summed E-state index contributed by atoms with van der Waals surface area (Å²) in [5.41, 5.74) is 7.53. The molecule has 0 radical (unpaired) electrons. The van der Waals surface area contributed by atoms with Crippen LogP contribution in [0.5, 0.6) is 0 Å². The Labute approximate surface area is 121 Å². The van der Waals surface area contributed by atoms with E-state index in [0.717, 1.165) is 10.7 Å². The number of pyridine rings is 1. The minimum Gasteiger partial charge on any atom is -0.462 e. The molecule has 0 amide bonds. The topological polar surface area (TPSA) is 83.0 Å². The molecule has 0 aliphatic heterocycles. The summed E-state index contributed by atoms with van der Waals surface area (Å²) in [5.74, 6) is 0.239. The van der Waals surface area contributed by atoms with Gasteiger partial charge in [-0.2, -0.15) is 5.10 Å². The van der Waals surface area contributed by atoms with Gasteiger partial charge in [-0.15, -0.1) is 11.8 Å². The van der Waals surface area contributed by atoms with Crippen LogP contribution in [-0.2, 0) is 17.5 Å². The van der Waals surface area contributed by atoms with Crippen LogP contribution < -0.4 is 5.73 Å². The molecule has 0 aromatic carbocycles. The fraction of sp³-hybridized carbons (Fsp3) is 0.308. The van der Waals surface area contributed by atoms with Crippen molar-refractivity contribution in [3.05, 3.63) is 35.8 Å². The molecule has 2 aromatic rings. The van der Waals surface area contributed by atoms with Crippen molar-refractivity contribution in [2.45, 2.75) is 17.7 Å². The van der Waals surface area contributed by atoms with Crippen molar-refractivity contribution < 1.29 is 9.53 Å². The number of hydrogen-bond donors (Lipinski definition) is 1. The lowest BCUT2D eigenvalue weighted by molar-refractivity contribution is 0.0525. The highest BCUT2D eigenvalue weighted by Gasteiger charge is 2.17. The van der Waals surface area contributed by atoms with Crippen LogP contribution >= 0.6 is 11.8 Å². The minimum absolute atomic E-state index is 0.346. The van der Waals surface area contributed by atoms with Gasteiger partial charge in [0.2, 0.25) is 0 Å². The zero-order valence-corrected chi connectivity index (χ0v) is 12.2. The van der Waals surface area contributed by atoms with Crippen LogP contribution in [0.4, 0.5) is 5.69 Å². The second kappa shape index (κ2) is 6.42. The van der Waals surface area contributed by atoms with Gasteiger partial charge in [0.1, 0.15) is 5.56 Å². The quantitative estimate of drug-likeness (QED) is 0.669. The van der Waals surface area contributed by atoms with E-state index in [2.05, 4.69) is 10.1 Å². The molecule has 0 aliphatic carbocycles. The summed E-state index contributed by atoms with van der Waals surface area (Å²) in [7, 11) is 1.80. The molecular formula is C13H16N4O2S. The van der Waals surface area contributed by atoms with E-state index in [1.807, 2.05) is 6.07 Å². The lowest BCUT2D eigenvalue weighted by Crippen LogP contribution is -2.08. The Kier molecular flexibility index (Phi) is 4.62. The predicted molar refractivity (Wildman–Crippen MR) is 77.4 cm³/mol. The average molecular weight is 292 g/mol. The van der Waals surface area contributed by atoms with Crippen LogP contribution in [0, 0.1) is 0 Å². The van der Waals surface area contributed by atoms with Crippen molar-refractivity contribution in [2.24, 2.45) is 7.05 Å². The van der Waals surface area contributed by atoms with Crippen molar-refractivity contribution in [1.29, 1.82) is 0 Å². The molecule has 2 aromatic heterocycles. The molecule has 0 atom stereocenters. The number of aromatic nitrogens is 3. The molecule has 106 valence electrons. The van der Waals surface area contributed by atoms with Crippen LogP contribution in [-0.4, -0.2) is 27.3 Å². The van der Waals surface area contributed by atoms with Gasteiger partial charge in [-0.1, -0.05) is 0 Å². The number of hydrogen-bond acceptors (Lipinski definition) is 6. The second-order valence-corrected chi connectivity index (χ2v) is 5.06. The first-order chi connectivity index (χ1) is 9.61. The normalized spacial score (nSPS) is 10.5. The van der Waals surface area contributed by atoms with E-state index in [1.165, 1.54) is 18.0 Å². The molecular weight excluding hydrogens is 276 g/mol. The Morgan fingerprint density at radius 3 is 2.90 bits per heavy atom.